The van der Waals surface area contributed by atoms with Gasteiger partial charge in [0, 0.05) is 25.3 Å². The van der Waals surface area contributed by atoms with Crippen LogP contribution in [0.25, 0.3) is 0 Å². The van der Waals surface area contributed by atoms with Crippen molar-refractivity contribution < 1.29 is 4.79 Å². The highest BCUT2D eigenvalue weighted by Crippen LogP contribution is 2.22. The van der Waals surface area contributed by atoms with Gasteiger partial charge in [-0.15, -0.1) is 0 Å². The highest BCUT2D eigenvalue weighted by atomic mass is 35.5. The average molecular weight is 256 g/mol. The normalized spacial score (nSPS) is 24.6. The first-order valence-corrected chi connectivity index (χ1v) is 6.32. The molecule has 5 heteroatoms. The molecule has 1 aliphatic rings. The van der Waals surface area contributed by atoms with Gasteiger partial charge in [-0.3, -0.25) is 4.79 Å². The molecule has 1 saturated carbocycles. The van der Waals surface area contributed by atoms with Crippen LogP contribution in [0.5, 0.6) is 0 Å². The molecule has 94 valence electrons. The predicted molar refractivity (Wildman–Crippen MR) is 68.1 cm³/mol. The number of nitrogens with zero attached hydrogens (tertiary/aromatic N) is 1. The quantitative estimate of drug-likeness (QED) is 0.849. The minimum atomic E-state index is -0.00243. The molecule has 0 spiro atoms. The molecule has 1 aromatic rings. The fourth-order valence-electron chi connectivity index (χ4n) is 2.34. The van der Waals surface area contributed by atoms with Crippen LogP contribution in [0.15, 0.2) is 12.3 Å². The van der Waals surface area contributed by atoms with Crippen molar-refractivity contribution in [2.75, 3.05) is 7.05 Å². The number of carbonyl (C=O) groups excluding carboxylic acids is 1. The van der Waals surface area contributed by atoms with Crippen LogP contribution in [-0.4, -0.2) is 34.9 Å². The van der Waals surface area contributed by atoms with Crippen molar-refractivity contribution >= 4 is 17.5 Å². The van der Waals surface area contributed by atoms with Gasteiger partial charge in [-0.05, 0) is 31.7 Å². The van der Waals surface area contributed by atoms with Crippen LogP contribution in [0.1, 0.15) is 36.2 Å². The van der Waals surface area contributed by atoms with Crippen LogP contribution in [0.4, 0.5) is 0 Å². The van der Waals surface area contributed by atoms with E-state index in [-0.39, 0.29) is 5.91 Å². The van der Waals surface area contributed by atoms with Gasteiger partial charge >= 0.3 is 0 Å². The maximum absolute atomic E-state index is 12.1. The SMILES string of the molecule is CN(C(=O)c1cc(Cl)c[nH]1)C1CCC(N)CC1. The first kappa shape index (κ1) is 12.5. The summed E-state index contributed by atoms with van der Waals surface area (Å²) >= 11 is 5.80. The van der Waals surface area contributed by atoms with Gasteiger partial charge in [-0.25, -0.2) is 0 Å². The summed E-state index contributed by atoms with van der Waals surface area (Å²) in [6.07, 6.45) is 5.58. The van der Waals surface area contributed by atoms with E-state index in [4.69, 9.17) is 17.3 Å². The van der Waals surface area contributed by atoms with Crippen molar-refractivity contribution in [3.8, 4) is 0 Å². The standard InChI is InChI=1S/C12H18ClN3O/c1-16(10-4-2-9(14)3-5-10)12(17)11-6-8(13)7-15-11/h6-7,9-10,15H,2-5,14H2,1H3. The lowest BCUT2D eigenvalue weighted by molar-refractivity contribution is 0.0684. The minimum Gasteiger partial charge on any atom is -0.356 e. The molecule has 1 amide bonds. The topological polar surface area (TPSA) is 62.1 Å². The lowest BCUT2D eigenvalue weighted by Crippen LogP contribution is -2.41. The summed E-state index contributed by atoms with van der Waals surface area (Å²) in [5, 5.41) is 0.562. The number of H-pyrrole nitrogens is 1. The fraction of sp³-hybridized carbons (Fsp3) is 0.583. The molecule has 1 aromatic heterocycles. The molecule has 2 rings (SSSR count). The Labute approximate surface area is 106 Å². The second-order valence-electron chi connectivity index (χ2n) is 4.72. The predicted octanol–water partition coefficient (Wildman–Crippen LogP) is 2.01. The molecule has 0 aliphatic heterocycles. The van der Waals surface area contributed by atoms with Crippen LogP contribution in [-0.2, 0) is 0 Å². The third kappa shape index (κ3) is 2.82. The molecule has 17 heavy (non-hydrogen) atoms. The molecule has 0 saturated heterocycles. The number of nitrogens with one attached hydrogen (secondary N) is 1. The minimum absolute atomic E-state index is 0.00243. The number of amides is 1. The lowest BCUT2D eigenvalue weighted by Gasteiger charge is -2.33. The van der Waals surface area contributed by atoms with Gasteiger partial charge < -0.3 is 15.6 Å². The Morgan fingerprint density at radius 1 is 1.47 bits per heavy atom. The van der Waals surface area contributed by atoms with E-state index in [1.807, 2.05) is 7.05 Å². The summed E-state index contributed by atoms with van der Waals surface area (Å²) < 4.78 is 0. The molecule has 1 heterocycles. The number of hydrogen-bond donors (Lipinski definition) is 2. The molecular formula is C12H18ClN3O. The number of rotatable bonds is 2. The first-order chi connectivity index (χ1) is 8.08. The van der Waals surface area contributed by atoms with E-state index in [2.05, 4.69) is 4.98 Å². The summed E-state index contributed by atoms with van der Waals surface area (Å²) in [4.78, 5) is 16.8. The summed E-state index contributed by atoms with van der Waals surface area (Å²) in [6, 6.07) is 2.26. The van der Waals surface area contributed by atoms with Crippen LogP contribution >= 0.6 is 11.6 Å². The highest BCUT2D eigenvalue weighted by Gasteiger charge is 2.26. The van der Waals surface area contributed by atoms with Gasteiger partial charge in [0.05, 0.1) is 5.02 Å². The van der Waals surface area contributed by atoms with Gasteiger partial charge in [0.1, 0.15) is 5.69 Å². The van der Waals surface area contributed by atoms with E-state index >= 15 is 0 Å². The Balaban J connectivity index is 2.00. The van der Waals surface area contributed by atoms with Gasteiger partial charge in [0.25, 0.3) is 5.91 Å². The van der Waals surface area contributed by atoms with E-state index in [1.165, 1.54) is 0 Å². The second-order valence-corrected chi connectivity index (χ2v) is 5.15. The molecule has 1 fully saturated rings. The monoisotopic (exact) mass is 255 g/mol. The lowest BCUT2D eigenvalue weighted by atomic mass is 9.91. The van der Waals surface area contributed by atoms with Gasteiger partial charge in [-0.1, -0.05) is 11.6 Å². The molecule has 0 bridgehead atoms. The Morgan fingerprint density at radius 3 is 2.65 bits per heavy atom. The van der Waals surface area contributed by atoms with Crippen molar-refractivity contribution in [1.29, 1.82) is 0 Å². The summed E-state index contributed by atoms with van der Waals surface area (Å²) in [5.74, 6) is -0.00243. The molecule has 3 N–H and O–H groups in total. The van der Waals surface area contributed by atoms with Gasteiger partial charge in [0.2, 0.25) is 0 Å². The van der Waals surface area contributed by atoms with E-state index in [9.17, 15) is 4.79 Å². The molecule has 0 aromatic carbocycles. The van der Waals surface area contributed by atoms with Crippen LogP contribution < -0.4 is 5.73 Å². The number of aromatic amines is 1. The summed E-state index contributed by atoms with van der Waals surface area (Å²) in [7, 11) is 1.85. The van der Waals surface area contributed by atoms with Crippen LogP contribution in [0.2, 0.25) is 5.02 Å². The van der Waals surface area contributed by atoms with E-state index in [0.29, 0.717) is 22.8 Å². The Morgan fingerprint density at radius 2 is 2.12 bits per heavy atom. The van der Waals surface area contributed by atoms with Crippen molar-refractivity contribution in [1.82, 2.24) is 9.88 Å². The largest absolute Gasteiger partial charge is 0.356 e. The maximum Gasteiger partial charge on any atom is 0.270 e. The molecule has 4 nitrogen and oxygen atoms in total. The molecule has 0 unspecified atom stereocenters. The van der Waals surface area contributed by atoms with Crippen molar-refractivity contribution in [2.24, 2.45) is 5.73 Å². The Kier molecular flexibility index (Phi) is 3.74. The van der Waals surface area contributed by atoms with E-state index in [1.54, 1.807) is 17.2 Å². The third-order valence-electron chi connectivity index (χ3n) is 3.49. The van der Waals surface area contributed by atoms with Crippen LogP contribution in [0.3, 0.4) is 0 Å². The number of nitrogens with two attached hydrogens (primary N) is 1. The fourth-order valence-corrected chi connectivity index (χ4v) is 2.50. The number of aromatic nitrogens is 1. The zero-order chi connectivity index (χ0) is 12.4. The Bertz CT molecular complexity index is 396. The van der Waals surface area contributed by atoms with Crippen molar-refractivity contribution in [3.05, 3.63) is 23.0 Å². The number of hydrogen-bond acceptors (Lipinski definition) is 2. The third-order valence-corrected chi connectivity index (χ3v) is 3.71. The molecular weight excluding hydrogens is 238 g/mol. The number of carbonyl (C=O) groups is 1. The molecule has 1 aliphatic carbocycles. The van der Waals surface area contributed by atoms with Crippen molar-refractivity contribution in [2.45, 2.75) is 37.8 Å². The zero-order valence-electron chi connectivity index (χ0n) is 9.95. The van der Waals surface area contributed by atoms with E-state index < -0.39 is 0 Å². The average Bonchev–Trinajstić information content (AvgIpc) is 2.75. The van der Waals surface area contributed by atoms with Crippen molar-refractivity contribution in [3.63, 3.8) is 0 Å². The maximum atomic E-state index is 12.1. The summed E-state index contributed by atoms with van der Waals surface area (Å²) in [5.41, 5.74) is 6.41. The van der Waals surface area contributed by atoms with E-state index in [0.717, 1.165) is 25.7 Å². The first-order valence-electron chi connectivity index (χ1n) is 5.94. The zero-order valence-corrected chi connectivity index (χ0v) is 10.7. The van der Waals surface area contributed by atoms with Gasteiger partial charge in [0.15, 0.2) is 0 Å². The smallest absolute Gasteiger partial charge is 0.270 e. The highest BCUT2D eigenvalue weighted by molar-refractivity contribution is 6.30. The van der Waals surface area contributed by atoms with Crippen LogP contribution in [0, 0.1) is 0 Å². The van der Waals surface area contributed by atoms with Gasteiger partial charge in [-0.2, -0.15) is 0 Å². The molecule has 0 radical (unpaired) electrons. The molecule has 0 atom stereocenters. The summed E-state index contributed by atoms with van der Waals surface area (Å²) in [6.45, 7) is 0. The number of halogens is 1. The Hall–Kier alpha value is -1.00. The second kappa shape index (κ2) is 5.10.